The first kappa shape index (κ1) is 23.9. The lowest BCUT2D eigenvalue weighted by Gasteiger charge is -2.35. The molecular weight excluding hydrogens is 474 g/mol. The van der Waals surface area contributed by atoms with Crippen molar-refractivity contribution >= 4 is 38.3 Å². The van der Waals surface area contributed by atoms with Crippen molar-refractivity contribution < 1.29 is 13.2 Å². The van der Waals surface area contributed by atoms with Gasteiger partial charge in [-0.15, -0.1) is 0 Å². The zero-order valence-electron chi connectivity index (χ0n) is 20.6. The number of nitrogens with zero attached hydrogens (tertiary/aromatic N) is 4. The van der Waals surface area contributed by atoms with Crippen molar-refractivity contribution in [1.29, 1.82) is 0 Å². The number of anilines is 2. The van der Waals surface area contributed by atoms with Gasteiger partial charge in [0, 0.05) is 44.1 Å². The third kappa shape index (κ3) is 4.66. The highest BCUT2D eigenvalue weighted by Gasteiger charge is 2.29. The van der Waals surface area contributed by atoms with E-state index in [0.29, 0.717) is 31.9 Å². The fraction of sp³-hybridized carbons (Fsp3) is 0.259. The predicted octanol–water partition coefficient (Wildman–Crippen LogP) is 3.88. The number of aryl methyl sites for hydroxylation is 2. The lowest BCUT2D eigenvalue weighted by Crippen LogP contribution is -2.49. The van der Waals surface area contributed by atoms with Crippen LogP contribution >= 0.6 is 0 Å². The van der Waals surface area contributed by atoms with E-state index >= 15 is 0 Å². The van der Waals surface area contributed by atoms with Crippen molar-refractivity contribution in [2.24, 2.45) is 7.05 Å². The van der Waals surface area contributed by atoms with Gasteiger partial charge in [-0.2, -0.15) is 0 Å². The van der Waals surface area contributed by atoms with Crippen LogP contribution in [0.15, 0.2) is 66.9 Å². The third-order valence-electron chi connectivity index (χ3n) is 6.56. The summed E-state index contributed by atoms with van der Waals surface area (Å²) in [6.07, 6.45) is 2.62. The lowest BCUT2D eigenvalue weighted by atomic mass is 10.0. The monoisotopic (exact) mass is 503 g/mol. The zero-order valence-corrected chi connectivity index (χ0v) is 21.4. The number of piperazine rings is 1. The molecule has 1 saturated heterocycles. The van der Waals surface area contributed by atoms with E-state index in [2.05, 4.69) is 37.4 Å². The van der Waals surface area contributed by atoms with Gasteiger partial charge in [0.2, 0.25) is 10.0 Å². The number of amides is 1. The fourth-order valence-corrected chi connectivity index (χ4v) is 5.40. The van der Waals surface area contributed by atoms with Crippen LogP contribution in [0.4, 0.5) is 11.5 Å². The summed E-state index contributed by atoms with van der Waals surface area (Å²) in [5.41, 5.74) is 5.27. The van der Waals surface area contributed by atoms with Crippen LogP contribution in [0.1, 0.15) is 15.9 Å². The first-order chi connectivity index (χ1) is 17.2. The Hall–Kier alpha value is -3.85. The molecule has 9 heteroatoms. The van der Waals surface area contributed by atoms with Crippen LogP contribution in [0.2, 0.25) is 0 Å². The highest BCUT2D eigenvalue weighted by atomic mass is 32.2. The van der Waals surface area contributed by atoms with Crippen LogP contribution in [-0.4, -0.2) is 61.2 Å². The first-order valence-corrected chi connectivity index (χ1v) is 13.7. The van der Waals surface area contributed by atoms with E-state index in [1.54, 1.807) is 12.1 Å². The van der Waals surface area contributed by atoms with E-state index < -0.39 is 10.0 Å². The van der Waals surface area contributed by atoms with Crippen molar-refractivity contribution in [3.8, 4) is 11.3 Å². The molecule has 0 bridgehead atoms. The van der Waals surface area contributed by atoms with Crippen molar-refractivity contribution in [3.05, 3.63) is 78.0 Å². The molecule has 1 fully saturated rings. The number of pyridine rings is 1. The number of hydrogen-bond acceptors (Lipinski definition) is 5. The molecule has 0 unspecified atom stereocenters. The second kappa shape index (κ2) is 9.31. The summed E-state index contributed by atoms with van der Waals surface area (Å²) < 4.78 is 27.4. The van der Waals surface area contributed by atoms with Crippen molar-refractivity contribution in [2.45, 2.75) is 6.92 Å². The minimum absolute atomic E-state index is 0.0327. The smallest absolute Gasteiger partial charge is 0.256 e. The second-order valence-electron chi connectivity index (χ2n) is 9.23. The van der Waals surface area contributed by atoms with Gasteiger partial charge < -0.3 is 14.4 Å². The molecule has 0 saturated carbocycles. The van der Waals surface area contributed by atoms with Gasteiger partial charge in [0.15, 0.2) is 0 Å². The van der Waals surface area contributed by atoms with Gasteiger partial charge in [-0.05, 0) is 36.8 Å². The van der Waals surface area contributed by atoms with Gasteiger partial charge in [0.1, 0.15) is 5.82 Å². The van der Waals surface area contributed by atoms with E-state index in [-0.39, 0.29) is 5.91 Å². The van der Waals surface area contributed by atoms with E-state index in [9.17, 15) is 13.2 Å². The molecule has 0 atom stereocenters. The summed E-state index contributed by atoms with van der Waals surface area (Å²) >= 11 is 0. The average molecular weight is 504 g/mol. The SMILES string of the molecule is Cc1ccc2c(c1)c(C(=O)N1CCN(c3ccc(NS(C)(=O)=O)cn3)CC1)c(-c1ccccc1)n2C. The normalized spacial score (nSPS) is 14.3. The Morgan fingerprint density at radius 2 is 1.69 bits per heavy atom. The van der Waals surface area contributed by atoms with Crippen LogP contribution in [0, 0.1) is 6.92 Å². The number of fused-ring (bicyclic) bond motifs is 1. The molecule has 2 aromatic carbocycles. The average Bonchev–Trinajstić information content (AvgIpc) is 3.15. The van der Waals surface area contributed by atoms with Crippen LogP contribution in [0.5, 0.6) is 0 Å². The molecule has 8 nitrogen and oxygen atoms in total. The van der Waals surface area contributed by atoms with Crippen LogP contribution < -0.4 is 9.62 Å². The molecule has 5 rings (SSSR count). The summed E-state index contributed by atoms with van der Waals surface area (Å²) in [6, 6.07) is 19.8. The Morgan fingerprint density at radius 3 is 2.33 bits per heavy atom. The topological polar surface area (TPSA) is 87.5 Å². The molecule has 2 aromatic heterocycles. The van der Waals surface area contributed by atoms with Crippen molar-refractivity contribution in [3.63, 3.8) is 0 Å². The molecular formula is C27H29N5O3S. The summed E-state index contributed by atoms with van der Waals surface area (Å²) in [5, 5.41) is 0.972. The maximum absolute atomic E-state index is 14.0. The first-order valence-electron chi connectivity index (χ1n) is 11.8. The quantitative estimate of drug-likeness (QED) is 0.447. The lowest BCUT2D eigenvalue weighted by molar-refractivity contribution is 0.0749. The van der Waals surface area contributed by atoms with E-state index in [0.717, 1.165) is 45.4 Å². The van der Waals surface area contributed by atoms with Crippen molar-refractivity contribution in [2.75, 3.05) is 42.1 Å². The maximum atomic E-state index is 14.0. The predicted molar refractivity (Wildman–Crippen MR) is 144 cm³/mol. The largest absolute Gasteiger partial charge is 0.353 e. The third-order valence-corrected chi connectivity index (χ3v) is 7.16. The molecule has 186 valence electrons. The number of hydrogen-bond donors (Lipinski definition) is 1. The molecule has 0 radical (unpaired) electrons. The summed E-state index contributed by atoms with van der Waals surface area (Å²) in [7, 11) is -1.33. The van der Waals surface area contributed by atoms with Crippen LogP contribution in [0.25, 0.3) is 22.2 Å². The van der Waals surface area contributed by atoms with Gasteiger partial charge in [0.25, 0.3) is 5.91 Å². The van der Waals surface area contributed by atoms with Gasteiger partial charge in [-0.25, -0.2) is 13.4 Å². The Balaban J connectivity index is 1.40. The number of carbonyl (C=O) groups excluding carboxylic acids is 1. The number of carbonyl (C=O) groups is 1. The summed E-state index contributed by atoms with van der Waals surface area (Å²) in [4.78, 5) is 22.4. The molecule has 0 spiro atoms. The zero-order chi connectivity index (χ0) is 25.4. The molecule has 1 aliphatic rings. The van der Waals surface area contributed by atoms with E-state index in [1.807, 2.05) is 49.2 Å². The van der Waals surface area contributed by atoms with Crippen molar-refractivity contribution in [1.82, 2.24) is 14.5 Å². The van der Waals surface area contributed by atoms with Crippen LogP contribution in [0.3, 0.4) is 0 Å². The Bertz CT molecular complexity index is 1520. The van der Waals surface area contributed by atoms with Gasteiger partial charge in [0.05, 0.1) is 29.4 Å². The molecule has 36 heavy (non-hydrogen) atoms. The number of nitrogens with one attached hydrogen (secondary N) is 1. The number of rotatable bonds is 5. The molecule has 1 aliphatic heterocycles. The Labute approximate surface area is 211 Å². The number of aromatic nitrogens is 2. The second-order valence-corrected chi connectivity index (χ2v) is 11.0. The standard InChI is InChI=1S/C27H29N5O3S/c1-19-9-11-23-22(17-19)25(26(30(23)2)20-7-5-4-6-8-20)27(33)32-15-13-31(14-16-32)24-12-10-21(18-28-24)29-36(3,34)35/h4-12,17-18,29H,13-16H2,1-3H3. The fourth-order valence-electron chi connectivity index (χ4n) is 4.85. The summed E-state index contributed by atoms with van der Waals surface area (Å²) in [6.45, 7) is 4.47. The maximum Gasteiger partial charge on any atom is 0.256 e. The minimum atomic E-state index is -3.35. The highest BCUT2D eigenvalue weighted by Crippen LogP contribution is 2.35. The van der Waals surface area contributed by atoms with Crippen LogP contribution in [-0.2, 0) is 17.1 Å². The van der Waals surface area contributed by atoms with Gasteiger partial charge in [-0.1, -0.05) is 42.0 Å². The highest BCUT2D eigenvalue weighted by molar-refractivity contribution is 7.92. The number of sulfonamides is 1. The summed E-state index contributed by atoms with van der Waals surface area (Å²) in [5.74, 6) is 0.789. The Morgan fingerprint density at radius 1 is 0.972 bits per heavy atom. The van der Waals surface area contributed by atoms with E-state index in [4.69, 9.17) is 0 Å². The molecule has 3 heterocycles. The van der Waals surface area contributed by atoms with Gasteiger partial charge >= 0.3 is 0 Å². The van der Waals surface area contributed by atoms with Gasteiger partial charge in [-0.3, -0.25) is 9.52 Å². The molecule has 1 N–H and O–H groups in total. The molecule has 1 amide bonds. The molecule has 4 aromatic rings. The Kier molecular flexibility index (Phi) is 6.17. The number of benzene rings is 2. The minimum Gasteiger partial charge on any atom is -0.353 e. The van der Waals surface area contributed by atoms with E-state index in [1.165, 1.54) is 6.20 Å². The molecule has 0 aliphatic carbocycles.